The van der Waals surface area contributed by atoms with Crippen molar-refractivity contribution >= 4 is 20.5 Å². The average molecular weight is 385 g/mol. The Bertz CT molecular complexity index is 652. The van der Waals surface area contributed by atoms with E-state index in [4.69, 9.17) is 8.85 Å². The molecule has 0 aliphatic heterocycles. The van der Waals surface area contributed by atoms with Gasteiger partial charge in [0.15, 0.2) is 0 Å². The van der Waals surface area contributed by atoms with Gasteiger partial charge in [0.05, 0.1) is 12.8 Å². The Balaban J connectivity index is 2.08. The highest BCUT2D eigenvalue weighted by molar-refractivity contribution is 6.70. The zero-order valence-corrected chi connectivity index (χ0v) is 17.1. The van der Waals surface area contributed by atoms with Gasteiger partial charge in [-0.2, -0.15) is 0 Å². The molecule has 0 saturated carbocycles. The minimum absolute atomic E-state index is 0.194. The van der Waals surface area contributed by atoms with E-state index in [2.05, 4.69) is 0 Å². The molecule has 27 heavy (non-hydrogen) atoms. The molecule has 0 spiro atoms. The fraction of sp³-hybridized carbons (Fsp3) is 0.364. The van der Waals surface area contributed by atoms with Crippen molar-refractivity contribution in [1.29, 1.82) is 0 Å². The highest BCUT2D eigenvalue weighted by atomic mass is 28.4. The second-order valence-corrected chi connectivity index (χ2v) is 9.91. The lowest BCUT2D eigenvalue weighted by atomic mass is 10.2. The van der Waals surface area contributed by atoms with Gasteiger partial charge < -0.3 is 8.85 Å². The molecule has 2 aromatic carbocycles. The summed E-state index contributed by atoms with van der Waals surface area (Å²) in [4.78, 5) is 25.1. The maximum Gasteiger partial charge on any atom is 0.464 e. The maximum atomic E-state index is 12.5. The molecule has 0 saturated heterocycles. The molecular formula is C22H28O4Si. The molecule has 2 rings (SSSR count). The quantitative estimate of drug-likeness (QED) is 0.551. The molecule has 0 bridgehead atoms. The van der Waals surface area contributed by atoms with Crippen molar-refractivity contribution in [2.45, 2.75) is 51.6 Å². The molecule has 0 heterocycles. The van der Waals surface area contributed by atoms with Gasteiger partial charge in [0.25, 0.3) is 11.9 Å². The summed E-state index contributed by atoms with van der Waals surface area (Å²) in [5, 5.41) is 0. The van der Waals surface area contributed by atoms with E-state index < -0.39 is 8.56 Å². The molecule has 0 fully saturated rings. The third-order valence-electron chi connectivity index (χ3n) is 4.24. The Morgan fingerprint density at radius 3 is 1.41 bits per heavy atom. The zero-order valence-electron chi connectivity index (χ0n) is 16.1. The summed E-state index contributed by atoms with van der Waals surface area (Å²) in [6.45, 7) is 4.04. The maximum absolute atomic E-state index is 12.5. The molecular weight excluding hydrogens is 356 g/mol. The molecule has 5 heteroatoms. The van der Waals surface area contributed by atoms with Crippen LogP contribution in [0.3, 0.4) is 0 Å². The lowest BCUT2D eigenvalue weighted by Gasteiger charge is -2.29. The second kappa shape index (κ2) is 10.7. The Morgan fingerprint density at radius 1 is 0.704 bits per heavy atom. The molecule has 144 valence electrons. The molecule has 0 aromatic heterocycles. The number of rotatable bonds is 10. The van der Waals surface area contributed by atoms with E-state index in [0.29, 0.717) is 12.1 Å². The van der Waals surface area contributed by atoms with Crippen LogP contribution in [-0.4, -0.2) is 20.5 Å². The Labute approximate surface area is 162 Å². The topological polar surface area (TPSA) is 52.6 Å². The van der Waals surface area contributed by atoms with Crippen LogP contribution in [0.2, 0.25) is 12.1 Å². The van der Waals surface area contributed by atoms with E-state index >= 15 is 0 Å². The fourth-order valence-electron chi connectivity index (χ4n) is 3.12. The summed E-state index contributed by atoms with van der Waals surface area (Å²) in [7, 11) is -2.93. The molecule has 2 aromatic rings. The first-order chi connectivity index (χ1) is 13.1. The Kier molecular flexibility index (Phi) is 8.26. The predicted octanol–water partition coefficient (Wildman–Crippen LogP) is 4.82. The molecule has 0 unspecified atom stereocenters. The number of benzene rings is 2. The van der Waals surface area contributed by atoms with Crippen molar-refractivity contribution in [3.8, 4) is 0 Å². The van der Waals surface area contributed by atoms with Crippen LogP contribution < -0.4 is 0 Å². The van der Waals surface area contributed by atoms with Gasteiger partial charge in [-0.25, -0.2) is 0 Å². The monoisotopic (exact) mass is 384 g/mol. The van der Waals surface area contributed by atoms with Crippen molar-refractivity contribution < 1.29 is 18.4 Å². The summed E-state index contributed by atoms with van der Waals surface area (Å²) < 4.78 is 11.8. The summed E-state index contributed by atoms with van der Waals surface area (Å²) >= 11 is 0. The van der Waals surface area contributed by atoms with E-state index in [1.54, 1.807) is 0 Å². The highest BCUT2D eigenvalue weighted by Gasteiger charge is 2.43. The number of carbonyl (C=O) groups is 2. The third-order valence-corrected chi connectivity index (χ3v) is 7.97. The van der Waals surface area contributed by atoms with Crippen LogP contribution in [0.15, 0.2) is 60.7 Å². The van der Waals surface area contributed by atoms with Crippen LogP contribution in [0, 0.1) is 0 Å². The van der Waals surface area contributed by atoms with E-state index in [-0.39, 0.29) is 24.8 Å². The lowest BCUT2D eigenvalue weighted by Crippen LogP contribution is -2.46. The van der Waals surface area contributed by atoms with Crippen LogP contribution in [-0.2, 0) is 31.3 Å². The molecule has 0 aliphatic rings. The van der Waals surface area contributed by atoms with Crippen molar-refractivity contribution in [3.05, 3.63) is 71.8 Å². The van der Waals surface area contributed by atoms with Crippen molar-refractivity contribution in [2.75, 3.05) is 0 Å². The van der Waals surface area contributed by atoms with Gasteiger partial charge in [0, 0.05) is 12.1 Å². The van der Waals surface area contributed by atoms with Gasteiger partial charge in [0.1, 0.15) is 0 Å². The predicted molar refractivity (Wildman–Crippen MR) is 108 cm³/mol. The molecule has 0 radical (unpaired) electrons. The van der Waals surface area contributed by atoms with Gasteiger partial charge in [-0.05, 0) is 11.1 Å². The van der Waals surface area contributed by atoms with Crippen molar-refractivity contribution in [2.24, 2.45) is 0 Å². The summed E-state index contributed by atoms with van der Waals surface area (Å²) in [6, 6.07) is 20.2. The van der Waals surface area contributed by atoms with Crippen molar-refractivity contribution in [1.82, 2.24) is 0 Å². The van der Waals surface area contributed by atoms with Crippen LogP contribution >= 0.6 is 0 Å². The lowest BCUT2D eigenvalue weighted by molar-refractivity contribution is -0.141. The van der Waals surface area contributed by atoms with Crippen molar-refractivity contribution in [3.63, 3.8) is 0 Å². The van der Waals surface area contributed by atoms with Gasteiger partial charge in [-0.15, -0.1) is 0 Å². The van der Waals surface area contributed by atoms with Gasteiger partial charge >= 0.3 is 8.56 Å². The minimum atomic E-state index is -2.93. The van der Waals surface area contributed by atoms with Crippen LogP contribution in [0.5, 0.6) is 0 Å². The fourth-order valence-corrected chi connectivity index (χ4v) is 6.32. The first kappa shape index (κ1) is 20.9. The molecule has 0 N–H and O–H groups in total. The largest absolute Gasteiger partial charge is 0.485 e. The number of hydrogen-bond acceptors (Lipinski definition) is 4. The number of hydrogen-bond donors (Lipinski definition) is 0. The highest BCUT2D eigenvalue weighted by Crippen LogP contribution is 2.25. The van der Waals surface area contributed by atoms with Crippen LogP contribution in [0.4, 0.5) is 0 Å². The molecule has 0 atom stereocenters. The Hall–Kier alpha value is -2.40. The average Bonchev–Trinajstić information content (AvgIpc) is 2.63. The SMILES string of the molecule is CCC[Si](CCC)(OC(=O)Cc1ccccc1)OC(=O)Cc1ccccc1. The van der Waals surface area contributed by atoms with Gasteiger partial charge in [0.2, 0.25) is 0 Å². The minimum Gasteiger partial charge on any atom is -0.485 e. The molecule has 0 aliphatic carbocycles. The van der Waals surface area contributed by atoms with Gasteiger partial charge in [-0.1, -0.05) is 87.4 Å². The van der Waals surface area contributed by atoms with Crippen LogP contribution in [0.25, 0.3) is 0 Å². The smallest absolute Gasteiger partial charge is 0.464 e. The normalized spacial score (nSPS) is 11.0. The first-order valence-corrected chi connectivity index (χ1v) is 11.8. The third kappa shape index (κ3) is 7.02. The van der Waals surface area contributed by atoms with Gasteiger partial charge in [-0.3, -0.25) is 9.59 Å². The molecule has 0 amide bonds. The molecule has 4 nitrogen and oxygen atoms in total. The zero-order chi connectivity index (χ0) is 19.5. The number of carbonyl (C=O) groups excluding carboxylic acids is 2. The van der Waals surface area contributed by atoms with E-state index in [1.165, 1.54) is 0 Å². The summed E-state index contributed by atoms with van der Waals surface area (Å²) in [5.74, 6) is -0.635. The van der Waals surface area contributed by atoms with E-state index in [0.717, 1.165) is 24.0 Å². The first-order valence-electron chi connectivity index (χ1n) is 9.58. The second-order valence-electron chi connectivity index (χ2n) is 6.68. The standard InChI is InChI=1S/C22H28O4Si/c1-3-15-27(16-4-2,25-21(23)17-19-11-7-5-8-12-19)26-22(24)18-20-13-9-6-10-14-20/h5-14H,3-4,15-18H2,1-2H3. The van der Waals surface area contributed by atoms with E-state index in [9.17, 15) is 9.59 Å². The van der Waals surface area contributed by atoms with Crippen LogP contribution in [0.1, 0.15) is 37.8 Å². The summed E-state index contributed by atoms with van der Waals surface area (Å²) in [5.41, 5.74) is 1.79. The summed E-state index contributed by atoms with van der Waals surface area (Å²) in [6.07, 6.45) is 2.01. The van der Waals surface area contributed by atoms with E-state index in [1.807, 2.05) is 74.5 Å². The Morgan fingerprint density at radius 2 is 1.07 bits per heavy atom.